The van der Waals surface area contributed by atoms with Gasteiger partial charge in [0.25, 0.3) is 0 Å². The molecule has 3 heteroatoms. The first-order valence-corrected chi connectivity index (χ1v) is 7.81. The van der Waals surface area contributed by atoms with Gasteiger partial charge in [0.1, 0.15) is 0 Å². The fourth-order valence-electron chi connectivity index (χ4n) is 1.65. The van der Waals surface area contributed by atoms with Crippen LogP contribution in [0.5, 0.6) is 0 Å². The maximum absolute atomic E-state index is 11.0. The van der Waals surface area contributed by atoms with Crippen LogP contribution in [0.1, 0.15) is 30.0 Å². The molecule has 0 saturated carbocycles. The summed E-state index contributed by atoms with van der Waals surface area (Å²) in [6.45, 7) is 7.31. The summed E-state index contributed by atoms with van der Waals surface area (Å²) in [6, 6.07) is 6.98. The first-order chi connectivity index (χ1) is 7.99. The van der Waals surface area contributed by atoms with Crippen molar-refractivity contribution >= 4 is 10.8 Å². The van der Waals surface area contributed by atoms with E-state index in [2.05, 4.69) is 44.3 Å². The van der Waals surface area contributed by atoms with Gasteiger partial charge in [-0.2, -0.15) is 0 Å². The Labute approximate surface area is 107 Å². The molecular formula is C14H23NOS. The van der Waals surface area contributed by atoms with Crippen LogP contribution in [-0.4, -0.2) is 22.3 Å². The number of rotatable bonds is 6. The molecular weight excluding hydrogens is 230 g/mol. The van der Waals surface area contributed by atoms with Crippen molar-refractivity contribution in [1.29, 1.82) is 0 Å². The lowest BCUT2D eigenvalue weighted by molar-refractivity contribution is 0.534. The molecule has 0 aromatic heterocycles. The van der Waals surface area contributed by atoms with Crippen LogP contribution in [0.3, 0.4) is 0 Å². The molecule has 1 rings (SSSR count). The molecule has 0 fully saturated rings. The quantitative estimate of drug-likeness (QED) is 0.844. The van der Waals surface area contributed by atoms with Crippen molar-refractivity contribution in [3.63, 3.8) is 0 Å². The first-order valence-electron chi connectivity index (χ1n) is 6.08. The van der Waals surface area contributed by atoms with Crippen LogP contribution in [-0.2, 0) is 17.3 Å². The normalized spacial score (nSPS) is 14.6. The molecule has 0 heterocycles. The van der Waals surface area contributed by atoms with Crippen molar-refractivity contribution in [2.45, 2.75) is 39.8 Å². The summed E-state index contributed by atoms with van der Waals surface area (Å²) in [5.41, 5.74) is 3.99. The lowest BCUT2D eigenvalue weighted by atomic mass is 10.1. The fraction of sp³-hybridized carbons (Fsp3) is 0.571. The monoisotopic (exact) mass is 253 g/mol. The molecule has 0 spiro atoms. The number of aryl methyl sites for hydroxylation is 2. The second-order valence-corrected chi connectivity index (χ2v) is 6.32. The molecule has 2 atom stereocenters. The molecule has 0 aliphatic carbocycles. The lowest BCUT2D eigenvalue weighted by Crippen LogP contribution is -2.27. The van der Waals surface area contributed by atoms with E-state index in [1.807, 2.05) is 0 Å². The molecule has 0 aliphatic rings. The van der Waals surface area contributed by atoms with Gasteiger partial charge in [0.05, 0.1) is 0 Å². The third-order valence-electron chi connectivity index (χ3n) is 3.06. The van der Waals surface area contributed by atoms with Crippen LogP contribution in [0.25, 0.3) is 0 Å². The molecule has 0 radical (unpaired) electrons. The van der Waals surface area contributed by atoms with E-state index in [1.54, 1.807) is 6.26 Å². The van der Waals surface area contributed by atoms with Crippen LogP contribution in [0.4, 0.5) is 0 Å². The number of hydrogen-bond acceptors (Lipinski definition) is 2. The molecule has 2 unspecified atom stereocenters. The number of nitrogens with one attached hydrogen (secondary N) is 1. The largest absolute Gasteiger partial charge is 0.310 e. The summed E-state index contributed by atoms with van der Waals surface area (Å²) >= 11 is 0. The minimum Gasteiger partial charge on any atom is -0.310 e. The van der Waals surface area contributed by atoms with Crippen molar-refractivity contribution in [3.8, 4) is 0 Å². The van der Waals surface area contributed by atoms with Crippen LogP contribution in [0.15, 0.2) is 18.2 Å². The van der Waals surface area contributed by atoms with Gasteiger partial charge in [0.2, 0.25) is 0 Å². The van der Waals surface area contributed by atoms with Gasteiger partial charge in [-0.05, 0) is 43.9 Å². The maximum Gasteiger partial charge on any atom is 0.0246 e. The van der Waals surface area contributed by atoms with Crippen LogP contribution in [0, 0.1) is 13.8 Å². The summed E-state index contributed by atoms with van der Waals surface area (Å²) in [6.07, 6.45) is 2.73. The Hall–Kier alpha value is -0.670. The van der Waals surface area contributed by atoms with Crippen molar-refractivity contribution in [3.05, 3.63) is 34.9 Å². The van der Waals surface area contributed by atoms with Crippen LogP contribution >= 0.6 is 0 Å². The molecule has 1 N–H and O–H groups in total. The van der Waals surface area contributed by atoms with E-state index in [0.29, 0.717) is 6.04 Å². The van der Waals surface area contributed by atoms with Gasteiger partial charge < -0.3 is 5.32 Å². The van der Waals surface area contributed by atoms with Gasteiger partial charge >= 0.3 is 0 Å². The number of hydrogen-bond donors (Lipinski definition) is 1. The van der Waals surface area contributed by atoms with Gasteiger partial charge in [-0.1, -0.05) is 18.2 Å². The Morgan fingerprint density at radius 2 is 2.00 bits per heavy atom. The third-order valence-corrected chi connectivity index (χ3v) is 3.87. The third kappa shape index (κ3) is 5.46. The van der Waals surface area contributed by atoms with Crippen molar-refractivity contribution in [1.82, 2.24) is 5.32 Å². The Morgan fingerprint density at radius 3 is 2.59 bits per heavy atom. The van der Waals surface area contributed by atoms with Crippen molar-refractivity contribution < 1.29 is 4.21 Å². The summed E-state index contributed by atoms with van der Waals surface area (Å²) in [7, 11) is -0.681. The Bertz CT molecular complexity index is 390. The zero-order chi connectivity index (χ0) is 12.8. The Kier molecular flexibility index (Phi) is 5.86. The Balaban J connectivity index is 2.39. The zero-order valence-electron chi connectivity index (χ0n) is 11.2. The molecule has 0 bridgehead atoms. The van der Waals surface area contributed by atoms with Crippen molar-refractivity contribution in [2.24, 2.45) is 0 Å². The van der Waals surface area contributed by atoms with Crippen molar-refractivity contribution in [2.75, 3.05) is 12.0 Å². The molecule has 1 aromatic carbocycles. The summed E-state index contributed by atoms with van der Waals surface area (Å²) in [5.74, 6) is 0.779. The summed E-state index contributed by atoms with van der Waals surface area (Å²) in [5, 5.41) is 3.47. The van der Waals surface area contributed by atoms with Gasteiger partial charge in [0, 0.05) is 35.4 Å². The molecule has 0 saturated heterocycles. The van der Waals surface area contributed by atoms with Crippen LogP contribution in [0.2, 0.25) is 0 Å². The van der Waals surface area contributed by atoms with Gasteiger partial charge in [-0.3, -0.25) is 4.21 Å². The molecule has 2 nitrogen and oxygen atoms in total. The van der Waals surface area contributed by atoms with E-state index >= 15 is 0 Å². The van der Waals surface area contributed by atoms with E-state index in [1.165, 1.54) is 16.7 Å². The number of benzene rings is 1. The van der Waals surface area contributed by atoms with E-state index in [4.69, 9.17) is 0 Å². The smallest absolute Gasteiger partial charge is 0.0246 e. The topological polar surface area (TPSA) is 29.1 Å². The standard InChI is InChI=1S/C14H23NOS/c1-11-5-6-14(9-12(11)2)10-15-13(3)7-8-17(4)16/h5-6,9,13,15H,7-8,10H2,1-4H3. The summed E-state index contributed by atoms with van der Waals surface area (Å²) in [4.78, 5) is 0. The minimum absolute atomic E-state index is 0.417. The van der Waals surface area contributed by atoms with E-state index in [9.17, 15) is 4.21 Å². The molecule has 0 amide bonds. The highest BCUT2D eigenvalue weighted by molar-refractivity contribution is 7.84. The van der Waals surface area contributed by atoms with E-state index in [-0.39, 0.29) is 0 Å². The van der Waals surface area contributed by atoms with Gasteiger partial charge in [0.15, 0.2) is 0 Å². The lowest BCUT2D eigenvalue weighted by Gasteiger charge is -2.13. The highest BCUT2D eigenvalue weighted by Crippen LogP contribution is 2.09. The van der Waals surface area contributed by atoms with Gasteiger partial charge in [-0.15, -0.1) is 0 Å². The minimum atomic E-state index is -0.681. The highest BCUT2D eigenvalue weighted by Gasteiger charge is 2.03. The first kappa shape index (κ1) is 14.4. The average Bonchev–Trinajstić information content (AvgIpc) is 2.28. The second-order valence-electron chi connectivity index (χ2n) is 4.77. The molecule has 1 aromatic rings. The van der Waals surface area contributed by atoms with Gasteiger partial charge in [-0.25, -0.2) is 0 Å². The summed E-state index contributed by atoms with van der Waals surface area (Å²) < 4.78 is 11.0. The predicted molar refractivity (Wildman–Crippen MR) is 75.8 cm³/mol. The molecule has 0 aliphatic heterocycles. The fourth-order valence-corrected chi connectivity index (χ4v) is 2.34. The molecule has 17 heavy (non-hydrogen) atoms. The van der Waals surface area contributed by atoms with E-state index < -0.39 is 10.8 Å². The average molecular weight is 253 g/mol. The molecule has 96 valence electrons. The zero-order valence-corrected chi connectivity index (χ0v) is 12.1. The van der Waals surface area contributed by atoms with E-state index in [0.717, 1.165) is 18.7 Å². The SMILES string of the molecule is Cc1ccc(CNC(C)CCS(C)=O)cc1C. The maximum atomic E-state index is 11.0. The second kappa shape index (κ2) is 6.92. The van der Waals surface area contributed by atoms with Crippen LogP contribution < -0.4 is 5.32 Å². The Morgan fingerprint density at radius 1 is 1.29 bits per heavy atom. The highest BCUT2D eigenvalue weighted by atomic mass is 32.2. The predicted octanol–water partition coefficient (Wildman–Crippen LogP) is 2.55.